The molecule has 0 radical (unpaired) electrons. The zero-order chi connectivity index (χ0) is 20.2. The molecule has 0 saturated carbocycles. The van der Waals surface area contributed by atoms with Crippen LogP contribution in [0, 0.1) is 11.3 Å². The third-order valence-electron chi connectivity index (χ3n) is 5.75. The van der Waals surface area contributed by atoms with Gasteiger partial charge in [-0.1, -0.05) is 60.7 Å². The lowest BCUT2D eigenvalue weighted by molar-refractivity contribution is 1.22. The molecule has 4 heteroatoms. The zero-order valence-corrected chi connectivity index (χ0v) is 16.6. The largest absolute Gasteiger partial charge is 0.321 e. The molecule has 0 aliphatic rings. The standard InChI is InChI=1S/C26H14N2OS/c27-14-21-20(23-5-2-12-30-23)13-22(28-26(21)29)18-10-8-17-7-6-15-3-1-4-16-9-11-19(18)25(17)24(15)16/h1-13H,(H,28,29). The van der Waals surface area contributed by atoms with Crippen LogP contribution in [-0.2, 0) is 0 Å². The number of nitrogens with one attached hydrogen (secondary N) is 1. The molecule has 4 aromatic carbocycles. The highest BCUT2D eigenvalue weighted by Crippen LogP contribution is 2.39. The van der Waals surface area contributed by atoms with Crippen LogP contribution in [0.25, 0.3) is 54.0 Å². The molecule has 2 heterocycles. The summed E-state index contributed by atoms with van der Waals surface area (Å²) < 4.78 is 0. The predicted octanol–water partition coefficient (Wildman–Crippen LogP) is 6.54. The lowest BCUT2D eigenvalue weighted by Crippen LogP contribution is -2.12. The summed E-state index contributed by atoms with van der Waals surface area (Å²) in [5.74, 6) is 0. The normalized spacial score (nSPS) is 11.4. The van der Waals surface area contributed by atoms with Gasteiger partial charge in [-0.15, -0.1) is 11.3 Å². The van der Waals surface area contributed by atoms with Crippen molar-refractivity contribution >= 4 is 43.7 Å². The molecule has 0 aliphatic heterocycles. The van der Waals surface area contributed by atoms with Gasteiger partial charge in [-0.25, -0.2) is 0 Å². The number of nitriles is 1. The molecule has 0 unspecified atom stereocenters. The van der Waals surface area contributed by atoms with E-state index in [4.69, 9.17) is 0 Å². The molecule has 3 nitrogen and oxygen atoms in total. The van der Waals surface area contributed by atoms with E-state index in [-0.39, 0.29) is 11.1 Å². The Bertz CT molecular complexity index is 1650. The van der Waals surface area contributed by atoms with Gasteiger partial charge in [-0.05, 0) is 49.8 Å². The molecule has 0 spiro atoms. The average Bonchev–Trinajstić information content (AvgIpc) is 3.32. The third-order valence-corrected chi connectivity index (χ3v) is 6.65. The number of hydrogen-bond acceptors (Lipinski definition) is 3. The minimum absolute atomic E-state index is 0.152. The summed E-state index contributed by atoms with van der Waals surface area (Å²) in [5.41, 5.74) is 2.15. The van der Waals surface area contributed by atoms with Crippen LogP contribution < -0.4 is 5.56 Å². The Labute approximate surface area is 175 Å². The maximum Gasteiger partial charge on any atom is 0.267 e. The van der Waals surface area contributed by atoms with Crippen molar-refractivity contribution in [2.24, 2.45) is 0 Å². The van der Waals surface area contributed by atoms with Crippen molar-refractivity contribution in [2.75, 3.05) is 0 Å². The quantitative estimate of drug-likeness (QED) is 0.334. The number of H-pyrrole nitrogens is 1. The Morgan fingerprint density at radius 3 is 2.27 bits per heavy atom. The van der Waals surface area contributed by atoms with Crippen LogP contribution in [0.3, 0.4) is 0 Å². The summed E-state index contributed by atoms with van der Waals surface area (Å²) in [6.45, 7) is 0. The summed E-state index contributed by atoms with van der Waals surface area (Å²) in [4.78, 5) is 16.6. The molecule has 0 atom stereocenters. The van der Waals surface area contributed by atoms with Crippen molar-refractivity contribution in [2.45, 2.75) is 0 Å². The molecule has 30 heavy (non-hydrogen) atoms. The number of rotatable bonds is 2. The Kier molecular flexibility index (Phi) is 3.55. The number of thiophene rings is 1. The Hall–Kier alpha value is -3.94. The van der Waals surface area contributed by atoms with Crippen LogP contribution in [0.2, 0.25) is 0 Å². The molecular formula is C26H14N2OS. The second-order valence-corrected chi connectivity index (χ2v) is 8.31. The summed E-state index contributed by atoms with van der Waals surface area (Å²) in [7, 11) is 0. The van der Waals surface area contributed by atoms with Gasteiger partial charge < -0.3 is 4.98 Å². The minimum Gasteiger partial charge on any atom is -0.321 e. The van der Waals surface area contributed by atoms with E-state index >= 15 is 0 Å². The highest BCUT2D eigenvalue weighted by Gasteiger charge is 2.16. The molecule has 140 valence electrons. The monoisotopic (exact) mass is 402 g/mol. The van der Waals surface area contributed by atoms with Crippen molar-refractivity contribution < 1.29 is 0 Å². The predicted molar refractivity (Wildman–Crippen MR) is 124 cm³/mol. The number of nitrogens with zero attached hydrogens (tertiary/aromatic N) is 1. The van der Waals surface area contributed by atoms with E-state index in [9.17, 15) is 10.1 Å². The molecule has 0 saturated heterocycles. The van der Waals surface area contributed by atoms with Gasteiger partial charge in [0, 0.05) is 21.7 Å². The highest BCUT2D eigenvalue weighted by molar-refractivity contribution is 7.13. The van der Waals surface area contributed by atoms with Crippen molar-refractivity contribution in [1.82, 2.24) is 4.98 Å². The maximum absolute atomic E-state index is 12.8. The Morgan fingerprint density at radius 1 is 0.800 bits per heavy atom. The van der Waals surface area contributed by atoms with E-state index in [2.05, 4.69) is 65.7 Å². The number of benzene rings is 4. The van der Waals surface area contributed by atoms with Crippen LogP contribution in [0.15, 0.2) is 83.0 Å². The van der Waals surface area contributed by atoms with Gasteiger partial charge >= 0.3 is 0 Å². The van der Waals surface area contributed by atoms with Crippen LogP contribution in [0.4, 0.5) is 0 Å². The van der Waals surface area contributed by atoms with Crippen LogP contribution in [-0.4, -0.2) is 4.98 Å². The molecular weight excluding hydrogens is 388 g/mol. The lowest BCUT2D eigenvalue weighted by atomic mass is 9.90. The molecule has 2 aromatic heterocycles. The second kappa shape index (κ2) is 6.28. The van der Waals surface area contributed by atoms with Gasteiger partial charge in [0.05, 0.1) is 0 Å². The zero-order valence-electron chi connectivity index (χ0n) is 15.8. The fourth-order valence-corrected chi connectivity index (χ4v) is 5.16. The van der Waals surface area contributed by atoms with Gasteiger partial charge in [-0.3, -0.25) is 4.79 Å². The van der Waals surface area contributed by atoms with E-state index in [0.29, 0.717) is 5.56 Å². The first-order valence-electron chi connectivity index (χ1n) is 9.63. The molecule has 6 aromatic rings. The van der Waals surface area contributed by atoms with Crippen LogP contribution in [0.5, 0.6) is 0 Å². The molecule has 0 fully saturated rings. The van der Waals surface area contributed by atoms with E-state index in [1.54, 1.807) is 0 Å². The van der Waals surface area contributed by atoms with Crippen LogP contribution >= 0.6 is 11.3 Å². The number of hydrogen-bond donors (Lipinski definition) is 1. The van der Waals surface area contributed by atoms with Gasteiger partial charge in [0.1, 0.15) is 11.6 Å². The smallest absolute Gasteiger partial charge is 0.267 e. The summed E-state index contributed by atoms with van der Waals surface area (Å²) in [6, 6.07) is 26.9. The van der Waals surface area contributed by atoms with E-state index in [1.165, 1.54) is 38.3 Å². The summed E-state index contributed by atoms with van der Waals surface area (Å²) in [5, 5.41) is 18.6. The summed E-state index contributed by atoms with van der Waals surface area (Å²) >= 11 is 1.52. The summed E-state index contributed by atoms with van der Waals surface area (Å²) in [6.07, 6.45) is 0. The molecule has 0 bridgehead atoms. The van der Waals surface area contributed by atoms with Crippen molar-refractivity contribution in [3.05, 3.63) is 94.1 Å². The molecule has 0 amide bonds. The lowest BCUT2D eigenvalue weighted by Gasteiger charge is -2.14. The number of aromatic nitrogens is 1. The number of aromatic amines is 1. The van der Waals surface area contributed by atoms with Crippen molar-refractivity contribution in [3.63, 3.8) is 0 Å². The maximum atomic E-state index is 12.8. The first-order valence-corrected chi connectivity index (χ1v) is 10.5. The first-order chi connectivity index (χ1) is 14.7. The first kappa shape index (κ1) is 17.0. The van der Waals surface area contributed by atoms with E-state index in [0.717, 1.165) is 21.5 Å². The topological polar surface area (TPSA) is 56.6 Å². The SMILES string of the molecule is N#Cc1c(-c2cccs2)cc(-c2ccc3ccc4cccc5ccc2c3c45)[nH]c1=O. The van der Waals surface area contributed by atoms with Gasteiger partial charge in [0.15, 0.2) is 0 Å². The highest BCUT2D eigenvalue weighted by atomic mass is 32.1. The molecule has 6 rings (SSSR count). The minimum atomic E-state index is -0.357. The second-order valence-electron chi connectivity index (χ2n) is 7.36. The van der Waals surface area contributed by atoms with Gasteiger partial charge in [0.25, 0.3) is 5.56 Å². The average molecular weight is 402 g/mol. The Balaban J connectivity index is 1.72. The van der Waals surface area contributed by atoms with E-state index in [1.807, 2.05) is 23.6 Å². The molecule has 1 N–H and O–H groups in total. The van der Waals surface area contributed by atoms with Crippen LogP contribution in [0.1, 0.15) is 5.56 Å². The van der Waals surface area contributed by atoms with Crippen molar-refractivity contribution in [3.8, 4) is 27.8 Å². The van der Waals surface area contributed by atoms with Gasteiger partial charge in [-0.2, -0.15) is 5.26 Å². The van der Waals surface area contributed by atoms with Gasteiger partial charge in [0.2, 0.25) is 0 Å². The fraction of sp³-hybridized carbons (Fsp3) is 0. The fourth-order valence-electron chi connectivity index (χ4n) is 4.41. The molecule has 0 aliphatic carbocycles. The van der Waals surface area contributed by atoms with E-state index < -0.39 is 0 Å². The Morgan fingerprint density at radius 2 is 1.53 bits per heavy atom. The third kappa shape index (κ3) is 2.33. The van der Waals surface area contributed by atoms with Crippen molar-refractivity contribution in [1.29, 1.82) is 5.26 Å². The number of pyridine rings is 1.